The summed E-state index contributed by atoms with van der Waals surface area (Å²) in [6, 6.07) is 5.43. The molecule has 5 nitrogen and oxygen atoms in total. The van der Waals surface area contributed by atoms with Gasteiger partial charge >= 0.3 is 0 Å². The number of carbonyl (C=O) groups is 1. The quantitative estimate of drug-likeness (QED) is 0.391. The van der Waals surface area contributed by atoms with E-state index in [0.29, 0.717) is 24.5 Å². The third kappa shape index (κ3) is 6.04. The van der Waals surface area contributed by atoms with Crippen molar-refractivity contribution in [3.8, 4) is 0 Å². The molecule has 0 saturated carbocycles. The largest absolute Gasteiger partial charge is 0.398 e. The average molecular weight is 280 g/mol. The molecule has 1 rings (SSSR count). The summed E-state index contributed by atoms with van der Waals surface area (Å²) in [7, 11) is 1.66. The number of nitrogens with one attached hydrogen (secondary N) is 1. The van der Waals surface area contributed by atoms with Gasteiger partial charge in [0.15, 0.2) is 5.78 Å². The van der Waals surface area contributed by atoms with E-state index in [1.165, 1.54) is 6.92 Å². The lowest BCUT2D eigenvalue weighted by molar-refractivity contribution is 0.0691. The van der Waals surface area contributed by atoms with E-state index in [1.54, 1.807) is 19.2 Å². The summed E-state index contributed by atoms with van der Waals surface area (Å²) in [5, 5.41) is 3.28. The summed E-state index contributed by atoms with van der Waals surface area (Å²) in [5.74, 6) is -0.0118. The minimum absolute atomic E-state index is 0.0118. The maximum atomic E-state index is 11.3. The number of carbonyl (C=O) groups excluding carboxylic acids is 1. The summed E-state index contributed by atoms with van der Waals surface area (Å²) < 4.78 is 10.3. The Labute approximate surface area is 120 Å². The number of hydrogen-bond donors (Lipinski definition) is 2. The Hall–Kier alpha value is -1.59. The SMILES string of the molecule is COCCOCCCCNc1ccc(C(C)=O)c(N)c1. The number of nitrogens with two attached hydrogens (primary N) is 1. The number of ether oxygens (including phenoxy) is 2. The van der Waals surface area contributed by atoms with Gasteiger partial charge in [-0.1, -0.05) is 0 Å². The molecular weight excluding hydrogens is 256 g/mol. The molecule has 112 valence electrons. The molecule has 1 aromatic carbocycles. The molecule has 0 fully saturated rings. The Kier molecular flexibility index (Phi) is 7.69. The molecule has 0 unspecified atom stereocenters. The minimum atomic E-state index is -0.0118. The van der Waals surface area contributed by atoms with Crippen molar-refractivity contribution in [2.45, 2.75) is 19.8 Å². The number of methoxy groups -OCH3 is 1. The second kappa shape index (κ2) is 9.34. The smallest absolute Gasteiger partial charge is 0.161 e. The van der Waals surface area contributed by atoms with Crippen molar-refractivity contribution < 1.29 is 14.3 Å². The van der Waals surface area contributed by atoms with E-state index in [4.69, 9.17) is 15.2 Å². The Morgan fingerprint density at radius 2 is 2.05 bits per heavy atom. The van der Waals surface area contributed by atoms with Crippen molar-refractivity contribution in [2.75, 3.05) is 44.5 Å². The number of anilines is 2. The predicted molar refractivity (Wildman–Crippen MR) is 81.3 cm³/mol. The van der Waals surface area contributed by atoms with Crippen LogP contribution in [-0.2, 0) is 9.47 Å². The van der Waals surface area contributed by atoms with Gasteiger partial charge < -0.3 is 20.5 Å². The van der Waals surface area contributed by atoms with Gasteiger partial charge in [-0.15, -0.1) is 0 Å². The lowest BCUT2D eigenvalue weighted by atomic mass is 10.1. The Morgan fingerprint density at radius 3 is 2.70 bits per heavy atom. The fourth-order valence-corrected chi connectivity index (χ4v) is 1.80. The first-order valence-corrected chi connectivity index (χ1v) is 6.86. The summed E-state index contributed by atoms with van der Waals surface area (Å²) in [6.07, 6.45) is 2.01. The van der Waals surface area contributed by atoms with E-state index in [1.807, 2.05) is 6.07 Å². The Morgan fingerprint density at radius 1 is 1.25 bits per heavy atom. The molecule has 0 atom stereocenters. The monoisotopic (exact) mass is 280 g/mol. The predicted octanol–water partition coefficient (Wildman–Crippen LogP) is 2.33. The molecule has 0 bridgehead atoms. The van der Waals surface area contributed by atoms with Crippen LogP contribution in [0.4, 0.5) is 11.4 Å². The highest BCUT2D eigenvalue weighted by molar-refractivity contribution is 5.99. The van der Waals surface area contributed by atoms with Crippen molar-refractivity contribution in [2.24, 2.45) is 0 Å². The first kappa shape index (κ1) is 16.5. The average Bonchev–Trinajstić information content (AvgIpc) is 2.41. The van der Waals surface area contributed by atoms with Gasteiger partial charge in [0.1, 0.15) is 0 Å². The summed E-state index contributed by atoms with van der Waals surface area (Å²) in [4.78, 5) is 11.3. The van der Waals surface area contributed by atoms with Gasteiger partial charge in [0, 0.05) is 37.2 Å². The lowest BCUT2D eigenvalue weighted by Gasteiger charge is -2.09. The third-order valence-corrected chi connectivity index (χ3v) is 2.91. The van der Waals surface area contributed by atoms with E-state index >= 15 is 0 Å². The van der Waals surface area contributed by atoms with Crippen molar-refractivity contribution in [3.63, 3.8) is 0 Å². The molecule has 5 heteroatoms. The number of nitrogen functional groups attached to an aromatic ring is 1. The third-order valence-electron chi connectivity index (χ3n) is 2.91. The van der Waals surface area contributed by atoms with Crippen LogP contribution in [-0.4, -0.2) is 39.3 Å². The van der Waals surface area contributed by atoms with Crippen LogP contribution in [0.1, 0.15) is 30.1 Å². The fraction of sp³-hybridized carbons (Fsp3) is 0.533. The second-order valence-corrected chi connectivity index (χ2v) is 4.60. The highest BCUT2D eigenvalue weighted by Gasteiger charge is 2.04. The number of hydrogen-bond acceptors (Lipinski definition) is 5. The zero-order chi connectivity index (χ0) is 14.8. The van der Waals surface area contributed by atoms with E-state index in [-0.39, 0.29) is 5.78 Å². The number of ketones is 1. The number of rotatable bonds is 10. The van der Waals surface area contributed by atoms with Crippen LogP contribution in [0.5, 0.6) is 0 Å². The van der Waals surface area contributed by atoms with Crippen LogP contribution in [0.2, 0.25) is 0 Å². The molecule has 0 heterocycles. The summed E-state index contributed by atoms with van der Waals surface area (Å²) >= 11 is 0. The van der Waals surface area contributed by atoms with Crippen molar-refractivity contribution in [1.82, 2.24) is 0 Å². The first-order valence-electron chi connectivity index (χ1n) is 6.86. The van der Waals surface area contributed by atoms with Crippen molar-refractivity contribution in [1.29, 1.82) is 0 Å². The van der Waals surface area contributed by atoms with Crippen LogP contribution in [0, 0.1) is 0 Å². The summed E-state index contributed by atoms with van der Waals surface area (Å²) in [5.41, 5.74) is 7.86. The molecule has 1 aromatic rings. The molecule has 20 heavy (non-hydrogen) atoms. The van der Waals surface area contributed by atoms with Crippen molar-refractivity contribution in [3.05, 3.63) is 23.8 Å². The number of Topliss-reactive ketones (excluding diaryl/α,β-unsaturated/α-hetero) is 1. The molecule has 3 N–H and O–H groups in total. The van der Waals surface area contributed by atoms with Crippen LogP contribution in [0.25, 0.3) is 0 Å². The molecule has 0 aliphatic carbocycles. The molecule has 0 spiro atoms. The minimum Gasteiger partial charge on any atom is -0.398 e. The molecule has 0 aromatic heterocycles. The standard InChI is InChI=1S/C15H24N2O3/c1-12(18)14-6-5-13(11-15(14)16)17-7-3-4-8-20-10-9-19-2/h5-6,11,17H,3-4,7-10,16H2,1-2H3. The van der Waals surface area contributed by atoms with Gasteiger partial charge in [0.25, 0.3) is 0 Å². The molecule has 0 aliphatic heterocycles. The lowest BCUT2D eigenvalue weighted by Crippen LogP contribution is -2.07. The normalized spacial score (nSPS) is 10.5. The zero-order valence-corrected chi connectivity index (χ0v) is 12.3. The first-order chi connectivity index (χ1) is 9.65. The van der Waals surface area contributed by atoms with E-state index in [9.17, 15) is 4.79 Å². The zero-order valence-electron chi connectivity index (χ0n) is 12.3. The van der Waals surface area contributed by atoms with E-state index in [0.717, 1.165) is 31.7 Å². The summed E-state index contributed by atoms with van der Waals surface area (Å²) in [6.45, 7) is 4.40. The van der Waals surface area contributed by atoms with Gasteiger partial charge in [0.05, 0.1) is 13.2 Å². The topological polar surface area (TPSA) is 73.6 Å². The molecule has 0 radical (unpaired) electrons. The van der Waals surface area contributed by atoms with Crippen LogP contribution >= 0.6 is 0 Å². The van der Waals surface area contributed by atoms with Gasteiger partial charge in [-0.2, -0.15) is 0 Å². The molecular formula is C15H24N2O3. The van der Waals surface area contributed by atoms with Crippen LogP contribution in [0.3, 0.4) is 0 Å². The van der Waals surface area contributed by atoms with Crippen LogP contribution in [0.15, 0.2) is 18.2 Å². The molecule has 0 amide bonds. The Balaban J connectivity index is 2.19. The van der Waals surface area contributed by atoms with E-state index < -0.39 is 0 Å². The molecule has 0 saturated heterocycles. The van der Waals surface area contributed by atoms with Gasteiger partial charge in [-0.25, -0.2) is 0 Å². The number of unbranched alkanes of at least 4 members (excludes halogenated alkanes) is 1. The van der Waals surface area contributed by atoms with Crippen LogP contribution < -0.4 is 11.1 Å². The van der Waals surface area contributed by atoms with Gasteiger partial charge in [-0.3, -0.25) is 4.79 Å². The van der Waals surface area contributed by atoms with Crippen molar-refractivity contribution >= 4 is 17.2 Å². The van der Waals surface area contributed by atoms with Gasteiger partial charge in [0.2, 0.25) is 0 Å². The highest BCUT2D eigenvalue weighted by atomic mass is 16.5. The Bertz CT molecular complexity index is 422. The molecule has 0 aliphatic rings. The second-order valence-electron chi connectivity index (χ2n) is 4.60. The van der Waals surface area contributed by atoms with Gasteiger partial charge in [-0.05, 0) is 38.0 Å². The van der Waals surface area contributed by atoms with E-state index in [2.05, 4.69) is 5.32 Å². The fourth-order valence-electron chi connectivity index (χ4n) is 1.80. The number of benzene rings is 1. The highest BCUT2D eigenvalue weighted by Crippen LogP contribution is 2.18. The maximum Gasteiger partial charge on any atom is 0.161 e. The maximum absolute atomic E-state index is 11.3.